The summed E-state index contributed by atoms with van der Waals surface area (Å²) in [6.07, 6.45) is -4.66. The van der Waals surface area contributed by atoms with Gasteiger partial charge in [-0.05, 0) is 24.3 Å². The van der Waals surface area contributed by atoms with Crippen molar-refractivity contribution in [3.63, 3.8) is 0 Å². The van der Waals surface area contributed by atoms with Crippen LogP contribution in [0.2, 0.25) is 0 Å². The Bertz CT molecular complexity index is 1060. The van der Waals surface area contributed by atoms with Gasteiger partial charge in [0.25, 0.3) is 0 Å². The average Bonchev–Trinajstić information content (AvgIpc) is 3.07. The Labute approximate surface area is 163 Å². The van der Waals surface area contributed by atoms with Crippen LogP contribution in [0.25, 0.3) is 22.3 Å². The van der Waals surface area contributed by atoms with Crippen molar-refractivity contribution in [2.45, 2.75) is 6.18 Å². The van der Waals surface area contributed by atoms with E-state index in [0.29, 0.717) is 12.1 Å². The van der Waals surface area contributed by atoms with E-state index in [1.807, 2.05) is 6.07 Å². The number of aromatic nitrogens is 4. The van der Waals surface area contributed by atoms with Crippen molar-refractivity contribution in [1.82, 2.24) is 20.0 Å². The molecule has 0 bridgehead atoms. The molecule has 0 amide bonds. The molecule has 0 aliphatic heterocycles. The summed E-state index contributed by atoms with van der Waals surface area (Å²) in [6, 6.07) is 6.96. The normalized spacial score (nSPS) is 11.6. The van der Waals surface area contributed by atoms with Crippen molar-refractivity contribution in [1.29, 1.82) is 5.26 Å². The maximum absolute atomic E-state index is 13.5. The summed E-state index contributed by atoms with van der Waals surface area (Å²) < 4.78 is 57.0. The minimum atomic E-state index is -4.66. The molecule has 3 rings (SSSR count). The second-order valence-corrected chi connectivity index (χ2v) is 5.92. The Hall–Kier alpha value is -3.23. The maximum atomic E-state index is 13.5. The number of methoxy groups -OCH3 is 1. The van der Waals surface area contributed by atoms with Gasteiger partial charge in [0.1, 0.15) is 17.3 Å². The van der Waals surface area contributed by atoms with E-state index in [9.17, 15) is 18.4 Å². The molecule has 11 heteroatoms. The number of fused-ring (bicyclic) bond motifs is 1. The second kappa shape index (κ2) is 8.42. The lowest BCUT2D eigenvalue weighted by atomic mass is 10.1. The van der Waals surface area contributed by atoms with Gasteiger partial charge >= 0.3 is 6.18 Å². The zero-order valence-electron chi connectivity index (χ0n) is 15.5. The quantitative estimate of drug-likeness (QED) is 0.439. The number of hydrogen-bond donors (Lipinski definition) is 0. The van der Waals surface area contributed by atoms with E-state index in [1.54, 1.807) is 7.05 Å². The fourth-order valence-electron chi connectivity index (χ4n) is 2.60. The Morgan fingerprint density at radius 2 is 2.00 bits per heavy atom. The predicted octanol–water partition coefficient (Wildman–Crippen LogP) is 2.92. The third kappa shape index (κ3) is 4.44. The highest BCUT2D eigenvalue weighted by Gasteiger charge is 2.35. The smallest absolute Gasteiger partial charge is 0.419 e. The maximum Gasteiger partial charge on any atom is 0.419 e. The number of nitrogens with zero attached hydrogens (tertiary/aromatic N) is 5. The molecule has 3 aromatic rings. The molecule has 0 unspecified atom stereocenters. The molecule has 2 heterocycles. The molecule has 152 valence electrons. The van der Waals surface area contributed by atoms with Crippen LogP contribution in [0.4, 0.5) is 13.2 Å². The van der Waals surface area contributed by atoms with Crippen LogP contribution >= 0.6 is 0 Å². The zero-order valence-corrected chi connectivity index (χ0v) is 15.5. The van der Waals surface area contributed by atoms with Crippen LogP contribution < -0.4 is 4.74 Å². The Morgan fingerprint density at radius 3 is 2.69 bits per heavy atom. The SMILES string of the molecule is COCCOCOc1ccc(-c2cc3c(nnn3C)c(C#N)n2)cc1C(F)(F)F. The molecule has 0 spiro atoms. The topological polar surface area (TPSA) is 95.1 Å². The van der Waals surface area contributed by atoms with Crippen LogP contribution in [0.3, 0.4) is 0 Å². The summed E-state index contributed by atoms with van der Waals surface area (Å²) in [5, 5.41) is 17.0. The Kier molecular flexibility index (Phi) is 5.95. The van der Waals surface area contributed by atoms with Crippen molar-refractivity contribution < 1.29 is 27.4 Å². The number of nitriles is 1. The van der Waals surface area contributed by atoms with E-state index < -0.39 is 11.7 Å². The summed E-state index contributed by atoms with van der Waals surface area (Å²) in [5.41, 5.74) is 0.118. The first-order chi connectivity index (χ1) is 13.8. The molecule has 0 radical (unpaired) electrons. The van der Waals surface area contributed by atoms with Crippen LogP contribution in [0.1, 0.15) is 11.3 Å². The van der Waals surface area contributed by atoms with Crippen molar-refractivity contribution in [3.05, 3.63) is 35.5 Å². The fourth-order valence-corrected chi connectivity index (χ4v) is 2.60. The monoisotopic (exact) mass is 407 g/mol. The van der Waals surface area contributed by atoms with Crippen molar-refractivity contribution in [2.24, 2.45) is 7.05 Å². The van der Waals surface area contributed by atoms with E-state index in [0.717, 1.165) is 6.07 Å². The highest BCUT2D eigenvalue weighted by atomic mass is 19.4. The van der Waals surface area contributed by atoms with Crippen molar-refractivity contribution in [2.75, 3.05) is 27.1 Å². The minimum absolute atomic E-state index is 0.0222. The molecule has 0 N–H and O–H groups in total. The highest BCUT2D eigenvalue weighted by Crippen LogP contribution is 2.39. The molecule has 0 atom stereocenters. The number of benzene rings is 1. The number of alkyl halides is 3. The zero-order chi connectivity index (χ0) is 21.0. The van der Waals surface area contributed by atoms with Gasteiger partial charge in [0.15, 0.2) is 12.5 Å². The summed E-state index contributed by atoms with van der Waals surface area (Å²) >= 11 is 0. The first kappa shape index (κ1) is 20.5. The lowest BCUT2D eigenvalue weighted by Gasteiger charge is -2.15. The molecular weight excluding hydrogens is 391 g/mol. The molecule has 0 aliphatic rings. The van der Waals surface area contributed by atoms with Gasteiger partial charge in [-0.15, -0.1) is 5.10 Å². The van der Waals surface area contributed by atoms with Gasteiger partial charge in [0.2, 0.25) is 0 Å². The van der Waals surface area contributed by atoms with Gasteiger partial charge in [-0.25, -0.2) is 9.67 Å². The molecule has 1 aromatic carbocycles. The average molecular weight is 407 g/mol. The minimum Gasteiger partial charge on any atom is -0.467 e. The molecule has 2 aromatic heterocycles. The van der Waals surface area contributed by atoms with E-state index in [4.69, 9.17) is 14.2 Å². The molecule has 0 saturated carbocycles. The van der Waals surface area contributed by atoms with Crippen LogP contribution in [0.5, 0.6) is 5.75 Å². The van der Waals surface area contributed by atoms with Gasteiger partial charge in [-0.1, -0.05) is 5.21 Å². The highest BCUT2D eigenvalue weighted by molar-refractivity contribution is 5.83. The Morgan fingerprint density at radius 1 is 1.21 bits per heavy atom. The second-order valence-electron chi connectivity index (χ2n) is 5.92. The van der Waals surface area contributed by atoms with E-state index >= 15 is 0 Å². The fraction of sp³-hybridized carbons (Fsp3) is 0.333. The summed E-state index contributed by atoms with van der Waals surface area (Å²) in [5.74, 6) is -0.373. The number of ether oxygens (including phenoxy) is 3. The first-order valence-corrected chi connectivity index (χ1v) is 8.36. The van der Waals surface area contributed by atoms with Crippen molar-refractivity contribution >= 4 is 11.0 Å². The molecule has 0 saturated heterocycles. The van der Waals surface area contributed by atoms with E-state index in [-0.39, 0.29) is 41.6 Å². The van der Waals surface area contributed by atoms with Gasteiger partial charge in [-0.2, -0.15) is 18.4 Å². The number of hydrogen-bond acceptors (Lipinski definition) is 7. The van der Waals surface area contributed by atoms with Crippen LogP contribution in [-0.2, 0) is 22.7 Å². The standard InChI is InChI=1S/C18H16F3N5O3/c1-26-15-8-13(23-14(9-22)17(15)24-25-26)11-3-4-16(12(7-11)18(19,20)21)29-10-28-6-5-27-2/h3-4,7-8H,5-6,10H2,1-2H3. The Balaban J connectivity index is 1.98. The van der Waals surface area contributed by atoms with Crippen LogP contribution in [0.15, 0.2) is 24.3 Å². The molecule has 8 nitrogen and oxygen atoms in total. The van der Waals surface area contributed by atoms with Gasteiger partial charge in [-0.3, -0.25) is 0 Å². The first-order valence-electron chi connectivity index (χ1n) is 8.36. The van der Waals surface area contributed by atoms with E-state index in [2.05, 4.69) is 15.3 Å². The third-order valence-electron chi connectivity index (χ3n) is 4.02. The summed E-state index contributed by atoms with van der Waals surface area (Å²) in [4.78, 5) is 4.13. The molecule has 29 heavy (non-hydrogen) atoms. The van der Waals surface area contributed by atoms with E-state index in [1.165, 1.54) is 30.0 Å². The van der Waals surface area contributed by atoms with Crippen LogP contribution in [-0.4, -0.2) is 47.1 Å². The number of pyridine rings is 1. The number of rotatable bonds is 7. The summed E-state index contributed by atoms with van der Waals surface area (Å²) in [6.45, 7) is 0.136. The van der Waals surface area contributed by atoms with Gasteiger partial charge in [0, 0.05) is 19.7 Å². The largest absolute Gasteiger partial charge is 0.467 e. The predicted molar refractivity (Wildman–Crippen MR) is 94.8 cm³/mol. The summed E-state index contributed by atoms with van der Waals surface area (Å²) in [7, 11) is 3.09. The molecule has 0 fully saturated rings. The third-order valence-corrected chi connectivity index (χ3v) is 4.02. The van der Waals surface area contributed by atoms with Crippen molar-refractivity contribution in [3.8, 4) is 23.1 Å². The molecular formula is C18H16F3N5O3. The van der Waals surface area contributed by atoms with Gasteiger partial charge in [0.05, 0.1) is 30.0 Å². The number of aryl methyl sites for hydroxylation is 1. The van der Waals surface area contributed by atoms with Crippen LogP contribution in [0, 0.1) is 11.3 Å². The number of halogens is 3. The molecule has 0 aliphatic carbocycles. The lowest BCUT2D eigenvalue weighted by Crippen LogP contribution is -2.12. The van der Waals surface area contributed by atoms with Gasteiger partial charge < -0.3 is 14.2 Å². The lowest BCUT2D eigenvalue weighted by molar-refractivity contribution is -0.139.